The van der Waals surface area contributed by atoms with Crippen molar-refractivity contribution in [3.05, 3.63) is 45.1 Å². The second-order valence-electron chi connectivity index (χ2n) is 7.90. The lowest BCUT2D eigenvalue weighted by Gasteiger charge is -2.30. The van der Waals surface area contributed by atoms with Gasteiger partial charge in [0.25, 0.3) is 11.8 Å². The molecule has 2 N–H and O–H groups in total. The molecule has 2 aromatic rings. The third kappa shape index (κ3) is 4.61. The van der Waals surface area contributed by atoms with Crippen molar-refractivity contribution >= 4 is 52.0 Å². The lowest BCUT2D eigenvalue weighted by Crippen LogP contribution is -2.54. The molecule has 7 nitrogen and oxygen atoms in total. The minimum absolute atomic E-state index is 0.0764. The van der Waals surface area contributed by atoms with E-state index in [0.29, 0.717) is 40.9 Å². The molecule has 1 aromatic heterocycles. The highest BCUT2D eigenvalue weighted by Gasteiger charge is 2.43. The van der Waals surface area contributed by atoms with E-state index in [1.807, 2.05) is 19.1 Å². The molecule has 1 saturated heterocycles. The summed E-state index contributed by atoms with van der Waals surface area (Å²) in [6.07, 6.45) is 2.91. The van der Waals surface area contributed by atoms with Crippen LogP contribution in [0.15, 0.2) is 30.3 Å². The summed E-state index contributed by atoms with van der Waals surface area (Å²) in [5.74, 6) is -0.589. The van der Waals surface area contributed by atoms with Crippen LogP contribution in [0, 0.1) is 6.92 Å². The molecule has 0 spiro atoms. The van der Waals surface area contributed by atoms with E-state index in [1.165, 1.54) is 11.3 Å². The molecule has 4 rings (SSSR count). The monoisotopic (exact) mass is 461 g/mol. The number of rotatable bonds is 5. The number of aryl methyl sites for hydroxylation is 1. The van der Waals surface area contributed by atoms with Crippen molar-refractivity contribution in [1.29, 1.82) is 0 Å². The number of hydrogen-bond acceptors (Lipinski definition) is 5. The minimum atomic E-state index is -0.944. The van der Waals surface area contributed by atoms with Crippen LogP contribution in [0.1, 0.15) is 40.9 Å². The Kier molecular flexibility index (Phi) is 6.31. The van der Waals surface area contributed by atoms with Crippen molar-refractivity contribution < 1.29 is 19.1 Å². The van der Waals surface area contributed by atoms with E-state index in [0.717, 1.165) is 24.1 Å². The van der Waals surface area contributed by atoms with E-state index in [9.17, 15) is 14.4 Å². The number of anilines is 2. The number of amides is 3. The molecule has 2 aliphatic rings. The van der Waals surface area contributed by atoms with Gasteiger partial charge in [0, 0.05) is 17.9 Å². The first kappa shape index (κ1) is 21.8. The van der Waals surface area contributed by atoms with Gasteiger partial charge in [0.05, 0.1) is 15.8 Å². The van der Waals surface area contributed by atoms with E-state index in [2.05, 4.69) is 10.6 Å². The van der Waals surface area contributed by atoms with Crippen molar-refractivity contribution in [2.45, 2.75) is 38.1 Å². The van der Waals surface area contributed by atoms with Gasteiger partial charge in [0.2, 0.25) is 5.91 Å². The van der Waals surface area contributed by atoms with Gasteiger partial charge in [0.15, 0.2) is 0 Å². The number of carbonyl (C=O) groups is 3. The maximum atomic E-state index is 13.2. The smallest absolute Gasteiger partial charge is 0.262 e. The van der Waals surface area contributed by atoms with Gasteiger partial charge in [-0.05, 0) is 55.7 Å². The van der Waals surface area contributed by atoms with Gasteiger partial charge in [-0.25, -0.2) is 0 Å². The number of morpholine rings is 1. The van der Waals surface area contributed by atoms with E-state index in [4.69, 9.17) is 16.3 Å². The molecule has 164 valence electrons. The van der Waals surface area contributed by atoms with Gasteiger partial charge in [-0.1, -0.05) is 24.4 Å². The van der Waals surface area contributed by atoms with Crippen LogP contribution in [0.2, 0.25) is 4.34 Å². The molecule has 9 heteroatoms. The Morgan fingerprint density at radius 1 is 1.19 bits per heavy atom. The second kappa shape index (κ2) is 8.98. The SMILES string of the molecule is Cc1cc(NC(=O)C2(NC(=O)c3ccc(Cl)s3)CCCC2)ccc1N1CCOCC1=O. The fourth-order valence-corrected chi connectivity index (χ4v) is 5.10. The van der Waals surface area contributed by atoms with Gasteiger partial charge < -0.3 is 20.3 Å². The normalized spacial score (nSPS) is 18.1. The molecule has 1 aliphatic carbocycles. The summed E-state index contributed by atoms with van der Waals surface area (Å²) < 4.78 is 5.73. The Hall–Kier alpha value is -2.42. The van der Waals surface area contributed by atoms with Crippen LogP contribution in [0.3, 0.4) is 0 Å². The molecule has 1 aliphatic heterocycles. The fraction of sp³-hybridized carbons (Fsp3) is 0.409. The molecule has 1 saturated carbocycles. The number of nitrogens with one attached hydrogen (secondary N) is 2. The molecule has 0 bridgehead atoms. The maximum Gasteiger partial charge on any atom is 0.262 e. The molecule has 0 unspecified atom stereocenters. The predicted molar refractivity (Wildman–Crippen MR) is 121 cm³/mol. The van der Waals surface area contributed by atoms with Crippen LogP contribution >= 0.6 is 22.9 Å². The fourth-order valence-electron chi connectivity index (χ4n) is 4.16. The van der Waals surface area contributed by atoms with Crippen molar-refractivity contribution in [2.24, 2.45) is 0 Å². The summed E-state index contributed by atoms with van der Waals surface area (Å²) in [7, 11) is 0. The van der Waals surface area contributed by atoms with Crippen LogP contribution in [0.5, 0.6) is 0 Å². The highest BCUT2D eigenvalue weighted by Crippen LogP contribution is 2.33. The Labute approximate surface area is 189 Å². The largest absolute Gasteiger partial charge is 0.370 e. The standard InChI is InChI=1S/C22H24ClN3O4S/c1-14-12-15(4-5-16(14)26-10-11-30-13-19(26)27)24-21(29)22(8-2-3-9-22)25-20(28)17-6-7-18(23)31-17/h4-7,12H,2-3,8-11,13H2,1H3,(H,24,29)(H,25,28). The summed E-state index contributed by atoms with van der Waals surface area (Å²) in [6, 6.07) is 8.80. The summed E-state index contributed by atoms with van der Waals surface area (Å²) in [5, 5.41) is 5.92. The molecule has 2 fully saturated rings. The third-order valence-electron chi connectivity index (χ3n) is 5.77. The van der Waals surface area contributed by atoms with E-state index in [-0.39, 0.29) is 24.3 Å². The zero-order valence-corrected chi connectivity index (χ0v) is 18.8. The zero-order valence-electron chi connectivity index (χ0n) is 17.2. The second-order valence-corrected chi connectivity index (χ2v) is 9.62. The summed E-state index contributed by atoms with van der Waals surface area (Å²) in [5.41, 5.74) is 1.38. The molecular weight excluding hydrogens is 438 g/mol. The van der Waals surface area contributed by atoms with Crippen LogP contribution in [-0.2, 0) is 14.3 Å². The number of hydrogen-bond donors (Lipinski definition) is 2. The van der Waals surface area contributed by atoms with Crippen LogP contribution in [0.4, 0.5) is 11.4 Å². The minimum Gasteiger partial charge on any atom is -0.370 e. The van der Waals surface area contributed by atoms with Gasteiger partial charge in [0.1, 0.15) is 12.1 Å². The van der Waals surface area contributed by atoms with Crippen molar-refractivity contribution in [3.63, 3.8) is 0 Å². The number of benzene rings is 1. The van der Waals surface area contributed by atoms with Gasteiger partial charge in [-0.15, -0.1) is 11.3 Å². The Bertz CT molecular complexity index is 1020. The molecule has 0 radical (unpaired) electrons. The Morgan fingerprint density at radius 3 is 2.61 bits per heavy atom. The molecule has 0 atom stereocenters. The van der Waals surface area contributed by atoms with Crippen LogP contribution in [-0.4, -0.2) is 43.0 Å². The van der Waals surface area contributed by atoms with Gasteiger partial charge >= 0.3 is 0 Å². The Morgan fingerprint density at radius 2 is 1.97 bits per heavy atom. The number of ether oxygens (including phenoxy) is 1. The first-order chi connectivity index (χ1) is 14.9. The van der Waals surface area contributed by atoms with Crippen LogP contribution < -0.4 is 15.5 Å². The Balaban J connectivity index is 1.49. The van der Waals surface area contributed by atoms with Gasteiger partial charge in [-0.3, -0.25) is 14.4 Å². The zero-order chi connectivity index (χ0) is 22.0. The van der Waals surface area contributed by atoms with Crippen molar-refractivity contribution in [3.8, 4) is 0 Å². The third-order valence-corrected chi connectivity index (χ3v) is 7.00. The summed E-state index contributed by atoms with van der Waals surface area (Å²) in [6.45, 7) is 2.99. The lowest BCUT2D eigenvalue weighted by molar-refractivity contribution is -0.125. The average molecular weight is 462 g/mol. The van der Waals surface area contributed by atoms with Crippen molar-refractivity contribution in [2.75, 3.05) is 30.0 Å². The number of thiophene rings is 1. The average Bonchev–Trinajstić information content (AvgIpc) is 3.39. The van der Waals surface area contributed by atoms with E-state index < -0.39 is 5.54 Å². The summed E-state index contributed by atoms with van der Waals surface area (Å²) in [4.78, 5) is 40.2. The number of halogens is 1. The first-order valence-corrected chi connectivity index (χ1v) is 11.5. The highest BCUT2D eigenvalue weighted by molar-refractivity contribution is 7.18. The molecule has 31 heavy (non-hydrogen) atoms. The molecular formula is C22H24ClN3O4S. The van der Waals surface area contributed by atoms with E-state index in [1.54, 1.807) is 23.1 Å². The maximum absolute atomic E-state index is 13.2. The van der Waals surface area contributed by atoms with Crippen molar-refractivity contribution in [1.82, 2.24) is 5.32 Å². The topological polar surface area (TPSA) is 87.7 Å². The summed E-state index contributed by atoms with van der Waals surface area (Å²) >= 11 is 7.14. The lowest BCUT2D eigenvalue weighted by atomic mass is 9.95. The number of nitrogens with zero attached hydrogens (tertiary/aromatic N) is 1. The molecule has 2 heterocycles. The van der Waals surface area contributed by atoms with Crippen LogP contribution in [0.25, 0.3) is 0 Å². The van der Waals surface area contributed by atoms with E-state index >= 15 is 0 Å². The molecule has 3 amide bonds. The quantitative estimate of drug-likeness (QED) is 0.709. The van der Waals surface area contributed by atoms with Gasteiger partial charge in [-0.2, -0.15) is 0 Å². The highest BCUT2D eigenvalue weighted by atomic mass is 35.5. The predicted octanol–water partition coefficient (Wildman–Crippen LogP) is 3.75. The molecule has 1 aromatic carbocycles. The number of carbonyl (C=O) groups excluding carboxylic acids is 3. The first-order valence-electron chi connectivity index (χ1n) is 10.3.